The molecule has 0 amide bonds. The Labute approximate surface area is 154 Å². The fourth-order valence-electron chi connectivity index (χ4n) is 3.55. The zero-order chi connectivity index (χ0) is 17.4. The summed E-state index contributed by atoms with van der Waals surface area (Å²) in [5.74, 6) is 0.189. The van der Waals surface area contributed by atoms with Gasteiger partial charge >= 0.3 is 0 Å². The third kappa shape index (κ3) is 3.05. The molecule has 4 rings (SSSR count). The summed E-state index contributed by atoms with van der Waals surface area (Å²) in [5, 5.41) is 13.0. The monoisotopic (exact) mass is 395 g/mol. The maximum atomic E-state index is 7.42. The highest BCUT2D eigenvalue weighted by Gasteiger charge is 2.28. The summed E-state index contributed by atoms with van der Waals surface area (Å²) in [6.07, 6.45) is 1.74. The molecule has 3 aromatic rings. The molecule has 0 fully saturated rings. The molecule has 25 heavy (non-hydrogen) atoms. The molecule has 1 unspecified atom stereocenters. The summed E-state index contributed by atoms with van der Waals surface area (Å²) in [6, 6.07) is 16.7. The highest BCUT2D eigenvalue weighted by molar-refractivity contribution is 9.10. The van der Waals surface area contributed by atoms with E-state index in [1.165, 1.54) is 11.3 Å². The minimum atomic E-state index is -0.156. The SMILES string of the molecule is N=C(N)NN=C1CC(c2ccccc2)Cc2[nH]c3ccc(Br)cc3c21. The number of guanidine groups is 1. The average molecular weight is 396 g/mol. The van der Waals surface area contributed by atoms with Gasteiger partial charge in [-0.05, 0) is 42.5 Å². The highest BCUT2D eigenvalue weighted by atomic mass is 79.9. The van der Waals surface area contributed by atoms with Gasteiger partial charge in [-0.1, -0.05) is 46.3 Å². The molecule has 6 heteroatoms. The van der Waals surface area contributed by atoms with Crippen LogP contribution in [0.3, 0.4) is 0 Å². The molecular formula is C19H18BrN5. The zero-order valence-corrected chi connectivity index (χ0v) is 15.1. The van der Waals surface area contributed by atoms with Crippen LogP contribution < -0.4 is 11.2 Å². The molecule has 0 saturated carbocycles. The van der Waals surface area contributed by atoms with Gasteiger partial charge in [-0.3, -0.25) is 5.41 Å². The molecule has 5 nitrogen and oxygen atoms in total. The van der Waals surface area contributed by atoms with Crippen LogP contribution in [0.4, 0.5) is 0 Å². The number of aromatic amines is 1. The van der Waals surface area contributed by atoms with Gasteiger partial charge in [-0.2, -0.15) is 5.10 Å². The van der Waals surface area contributed by atoms with E-state index in [0.717, 1.165) is 39.5 Å². The van der Waals surface area contributed by atoms with Crippen LogP contribution in [0.5, 0.6) is 0 Å². The molecule has 126 valence electrons. The summed E-state index contributed by atoms with van der Waals surface area (Å²) in [4.78, 5) is 3.55. The van der Waals surface area contributed by atoms with Crippen molar-refractivity contribution >= 4 is 38.5 Å². The normalized spacial score (nSPS) is 18.3. The number of hydrogen-bond acceptors (Lipinski definition) is 2. The van der Waals surface area contributed by atoms with E-state index in [1.807, 2.05) is 12.1 Å². The second kappa shape index (κ2) is 6.37. The lowest BCUT2D eigenvalue weighted by Crippen LogP contribution is -2.28. The zero-order valence-electron chi connectivity index (χ0n) is 13.5. The molecule has 0 spiro atoms. The molecule has 1 heterocycles. The first-order valence-corrected chi connectivity index (χ1v) is 8.93. The van der Waals surface area contributed by atoms with Gasteiger partial charge in [0.1, 0.15) is 0 Å². The number of halogens is 1. The van der Waals surface area contributed by atoms with Crippen LogP contribution in [-0.4, -0.2) is 16.7 Å². The van der Waals surface area contributed by atoms with E-state index in [-0.39, 0.29) is 5.96 Å². The number of hydrogen-bond donors (Lipinski definition) is 4. The topological polar surface area (TPSA) is 90.1 Å². The average Bonchev–Trinajstić information content (AvgIpc) is 2.98. The smallest absolute Gasteiger partial charge is 0.206 e. The number of nitrogens with two attached hydrogens (primary N) is 1. The number of nitrogens with zero attached hydrogens (tertiary/aromatic N) is 1. The van der Waals surface area contributed by atoms with Gasteiger partial charge in [-0.25, -0.2) is 5.43 Å². The third-order valence-corrected chi connectivity index (χ3v) is 5.09. The number of nitrogens with one attached hydrogen (secondary N) is 3. The van der Waals surface area contributed by atoms with Crippen LogP contribution >= 0.6 is 15.9 Å². The van der Waals surface area contributed by atoms with Gasteiger partial charge < -0.3 is 10.7 Å². The van der Waals surface area contributed by atoms with Gasteiger partial charge in [0.05, 0.1) is 5.71 Å². The Hall–Kier alpha value is -2.60. The van der Waals surface area contributed by atoms with Gasteiger partial charge in [0.15, 0.2) is 0 Å². The predicted molar refractivity (Wildman–Crippen MR) is 105 cm³/mol. The minimum Gasteiger partial charge on any atom is -0.369 e. The third-order valence-electron chi connectivity index (χ3n) is 4.60. The predicted octanol–water partition coefficient (Wildman–Crippen LogP) is 3.85. The Morgan fingerprint density at radius 2 is 2.00 bits per heavy atom. The van der Waals surface area contributed by atoms with Crippen molar-refractivity contribution in [3.63, 3.8) is 0 Å². The van der Waals surface area contributed by atoms with Crippen molar-refractivity contribution in [2.75, 3.05) is 0 Å². The molecule has 2 aromatic carbocycles. The summed E-state index contributed by atoms with van der Waals surface area (Å²) >= 11 is 3.55. The second-order valence-corrected chi connectivity index (χ2v) is 7.18. The molecule has 0 saturated heterocycles. The van der Waals surface area contributed by atoms with E-state index in [9.17, 15) is 0 Å². The molecule has 1 aromatic heterocycles. The van der Waals surface area contributed by atoms with E-state index >= 15 is 0 Å². The molecule has 0 radical (unpaired) electrons. The summed E-state index contributed by atoms with van der Waals surface area (Å²) < 4.78 is 1.03. The van der Waals surface area contributed by atoms with Gasteiger partial charge in [0.25, 0.3) is 0 Å². The molecule has 5 N–H and O–H groups in total. The van der Waals surface area contributed by atoms with Crippen molar-refractivity contribution < 1.29 is 0 Å². The number of H-pyrrole nitrogens is 1. The lowest BCUT2D eigenvalue weighted by molar-refractivity contribution is 0.683. The van der Waals surface area contributed by atoms with Crippen molar-refractivity contribution in [1.29, 1.82) is 5.41 Å². The van der Waals surface area contributed by atoms with Crippen molar-refractivity contribution in [3.8, 4) is 0 Å². The molecule has 1 aliphatic rings. The van der Waals surface area contributed by atoms with Crippen LogP contribution in [0.2, 0.25) is 0 Å². The molecular weight excluding hydrogens is 378 g/mol. The van der Waals surface area contributed by atoms with E-state index in [4.69, 9.17) is 11.1 Å². The lowest BCUT2D eigenvalue weighted by Gasteiger charge is -2.24. The largest absolute Gasteiger partial charge is 0.369 e. The van der Waals surface area contributed by atoms with Crippen molar-refractivity contribution in [2.24, 2.45) is 10.8 Å². The van der Waals surface area contributed by atoms with Crippen molar-refractivity contribution in [2.45, 2.75) is 18.8 Å². The maximum absolute atomic E-state index is 7.42. The Morgan fingerprint density at radius 3 is 2.76 bits per heavy atom. The van der Waals surface area contributed by atoms with E-state index in [1.54, 1.807) is 0 Å². The number of benzene rings is 2. The summed E-state index contributed by atoms with van der Waals surface area (Å²) in [6.45, 7) is 0. The summed E-state index contributed by atoms with van der Waals surface area (Å²) in [5.41, 5.74) is 13.7. The van der Waals surface area contributed by atoms with Gasteiger partial charge in [0, 0.05) is 26.6 Å². The highest BCUT2D eigenvalue weighted by Crippen LogP contribution is 2.37. The van der Waals surface area contributed by atoms with Crippen molar-refractivity contribution in [3.05, 3.63) is 69.8 Å². The van der Waals surface area contributed by atoms with Crippen molar-refractivity contribution in [1.82, 2.24) is 10.4 Å². The molecule has 1 atom stereocenters. The quantitative estimate of drug-likeness (QED) is 0.301. The van der Waals surface area contributed by atoms with Gasteiger partial charge in [0.2, 0.25) is 5.96 Å². The van der Waals surface area contributed by atoms with E-state index < -0.39 is 0 Å². The molecule has 0 aliphatic heterocycles. The first-order chi connectivity index (χ1) is 12.1. The van der Waals surface area contributed by atoms with Crippen LogP contribution in [0.15, 0.2) is 58.1 Å². The standard InChI is InChI=1S/C19H18BrN5/c20-13-6-7-15-14(10-13)18-16(23-15)8-12(11-4-2-1-3-5-11)9-17(18)24-25-19(21)22/h1-7,10,12,23H,8-9H2,(H4,21,22,25). The Bertz CT molecular complexity index is 974. The minimum absolute atomic E-state index is 0.156. The maximum Gasteiger partial charge on any atom is 0.206 e. The van der Waals surface area contributed by atoms with Crippen LogP contribution in [0, 0.1) is 5.41 Å². The number of hydrazone groups is 1. The van der Waals surface area contributed by atoms with Crippen LogP contribution in [-0.2, 0) is 6.42 Å². The number of aromatic nitrogens is 1. The lowest BCUT2D eigenvalue weighted by atomic mass is 9.81. The number of fused-ring (bicyclic) bond motifs is 3. The number of rotatable bonds is 2. The molecule has 1 aliphatic carbocycles. The van der Waals surface area contributed by atoms with Crippen LogP contribution in [0.25, 0.3) is 10.9 Å². The second-order valence-electron chi connectivity index (χ2n) is 6.27. The first kappa shape index (κ1) is 15.9. The Morgan fingerprint density at radius 1 is 1.20 bits per heavy atom. The van der Waals surface area contributed by atoms with Crippen LogP contribution in [0.1, 0.15) is 29.2 Å². The fourth-order valence-corrected chi connectivity index (χ4v) is 3.91. The van der Waals surface area contributed by atoms with E-state index in [0.29, 0.717) is 5.92 Å². The molecule has 0 bridgehead atoms. The van der Waals surface area contributed by atoms with E-state index in [2.05, 4.69) is 67.8 Å². The first-order valence-electron chi connectivity index (χ1n) is 8.14. The Kier molecular flexibility index (Phi) is 4.05. The Balaban J connectivity index is 1.85. The fraction of sp³-hybridized carbons (Fsp3) is 0.158. The van der Waals surface area contributed by atoms with Gasteiger partial charge in [-0.15, -0.1) is 0 Å². The summed E-state index contributed by atoms with van der Waals surface area (Å²) in [7, 11) is 0.